The number of carbonyl (C=O) groups is 1. The summed E-state index contributed by atoms with van der Waals surface area (Å²) in [7, 11) is 0. The van der Waals surface area contributed by atoms with E-state index in [1.165, 1.54) is 16.7 Å². The number of benzene rings is 2. The van der Waals surface area contributed by atoms with Crippen molar-refractivity contribution in [2.45, 2.75) is 31.7 Å². The Morgan fingerprint density at radius 2 is 2.00 bits per heavy atom. The summed E-state index contributed by atoms with van der Waals surface area (Å²) in [4.78, 5) is 15.2. The quantitative estimate of drug-likeness (QED) is 0.874. The van der Waals surface area contributed by atoms with Gasteiger partial charge in [-0.15, -0.1) is 12.6 Å². The van der Waals surface area contributed by atoms with E-state index in [0.717, 1.165) is 29.2 Å². The van der Waals surface area contributed by atoms with Crippen LogP contribution < -0.4 is 4.74 Å². The minimum absolute atomic E-state index is 0.0280. The number of hydrogen-bond acceptors (Lipinski definition) is 3. The summed E-state index contributed by atoms with van der Waals surface area (Å²) in [6, 6.07) is 12.1. The number of carbonyl (C=O) groups excluding carboxylic acids is 1. The fourth-order valence-electron chi connectivity index (χ4n) is 2.95. The van der Waals surface area contributed by atoms with Gasteiger partial charge in [-0.2, -0.15) is 0 Å². The summed E-state index contributed by atoms with van der Waals surface area (Å²) in [5.41, 5.74) is 4.74. The molecule has 2 aromatic rings. The third-order valence-electron chi connectivity index (χ3n) is 4.24. The average Bonchev–Trinajstić information content (AvgIpc) is 2.53. The first kappa shape index (κ1) is 15.9. The van der Waals surface area contributed by atoms with Crippen LogP contribution in [0.15, 0.2) is 41.3 Å². The van der Waals surface area contributed by atoms with Gasteiger partial charge in [0, 0.05) is 18.0 Å². The van der Waals surface area contributed by atoms with E-state index in [0.29, 0.717) is 6.54 Å². The standard InChI is InChI=1S/C19H21NO2S/c1-13-3-6-18(14(2)9-13)22-12-19(21)20-8-7-15-4-5-17(23)10-16(15)11-20/h3-6,9-10,23H,7-8,11-12H2,1-2H3. The lowest BCUT2D eigenvalue weighted by Gasteiger charge is -2.29. The molecule has 0 saturated carbocycles. The molecule has 23 heavy (non-hydrogen) atoms. The number of amides is 1. The monoisotopic (exact) mass is 327 g/mol. The van der Waals surface area contributed by atoms with Gasteiger partial charge in [-0.05, 0) is 55.2 Å². The van der Waals surface area contributed by atoms with Crippen LogP contribution in [0.1, 0.15) is 22.3 Å². The van der Waals surface area contributed by atoms with Crippen LogP contribution in [0.25, 0.3) is 0 Å². The predicted molar refractivity (Wildman–Crippen MR) is 94.2 cm³/mol. The number of ether oxygens (including phenoxy) is 1. The van der Waals surface area contributed by atoms with Gasteiger partial charge in [-0.3, -0.25) is 4.79 Å². The second kappa shape index (κ2) is 6.67. The molecule has 2 aromatic carbocycles. The Balaban J connectivity index is 1.63. The van der Waals surface area contributed by atoms with Gasteiger partial charge in [0.2, 0.25) is 0 Å². The smallest absolute Gasteiger partial charge is 0.260 e. The lowest BCUT2D eigenvalue weighted by molar-refractivity contribution is -0.134. The lowest BCUT2D eigenvalue weighted by atomic mass is 10.00. The first-order valence-electron chi connectivity index (χ1n) is 7.81. The third kappa shape index (κ3) is 3.70. The zero-order valence-electron chi connectivity index (χ0n) is 13.5. The molecule has 4 heteroatoms. The molecule has 0 bridgehead atoms. The number of hydrogen-bond donors (Lipinski definition) is 1. The molecule has 0 unspecified atom stereocenters. The number of aryl methyl sites for hydroxylation is 2. The van der Waals surface area contributed by atoms with Gasteiger partial charge in [0.05, 0.1) is 0 Å². The predicted octanol–water partition coefficient (Wildman–Crippen LogP) is 3.56. The van der Waals surface area contributed by atoms with Crippen molar-refractivity contribution in [3.8, 4) is 5.75 Å². The SMILES string of the molecule is Cc1ccc(OCC(=O)N2CCc3ccc(S)cc3C2)c(C)c1. The Hall–Kier alpha value is -1.94. The molecule has 0 aromatic heterocycles. The molecule has 0 N–H and O–H groups in total. The van der Waals surface area contributed by atoms with Crippen LogP contribution in [0.5, 0.6) is 5.75 Å². The van der Waals surface area contributed by atoms with Crippen LogP contribution in [0.2, 0.25) is 0 Å². The Bertz CT molecular complexity index is 742. The third-order valence-corrected chi connectivity index (χ3v) is 4.51. The highest BCUT2D eigenvalue weighted by Gasteiger charge is 2.21. The van der Waals surface area contributed by atoms with Gasteiger partial charge in [0.25, 0.3) is 5.91 Å². The van der Waals surface area contributed by atoms with Crippen LogP contribution in [0.4, 0.5) is 0 Å². The number of nitrogens with zero attached hydrogens (tertiary/aromatic N) is 1. The van der Waals surface area contributed by atoms with Crippen molar-refractivity contribution in [3.05, 3.63) is 58.7 Å². The summed E-state index contributed by atoms with van der Waals surface area (Å²) in [5.74, 6) is 0.805. The van der Waals surface area contributed by atoms with E-state index >= 15 is 0 Å². The maximum atomic E-state index is 12.4. The summed E-state index contributed by atoms with van der Waals surface area (Å²) in [6.07, 6.45) is 0.888. The van der Waals surface area contributed by atoms with Gasteiger partial charge < -0.3 is 9.64 Å². The highest BCUT2D eigenvalue weighted by Crippen LogP contribution is 2.23. The summed E-state index contributed by atoms with van der Waals surface area (Å²) >= 11 is 4.38. The molecule has 1 heterocycles. The topological polar surface area (TPSA) is 29.5 Å². The molecule has 0 spiro atoms. The largest absolute Gasteiger partial charge is 0.484 e. The molecular weight excluding hydrogens is 306 g/mol. The molecule has 0 aliphatic carbocycles. The molecule has 0 atom stereocenters. The Morgan fingerprint density at radius 3 is 2.78 bits per heavy atom. The van der Waals surface area contributed by atoms with Crippen molar-refractivity contribution in [2.24, 2.45) is 0 Å². The average molecular weight is 327 g/mol. The zero-order valence-corrected chi connectivity index (χ0v) is 14.4. The Morgan fingerprint density at radius 1 is 1.17 bits per heavy atom. The highest BCUT2D eigenvalue weighted by molar-refractivity contribution is 7.80. The van der Waals surface area contributed by atoms with Gasteiger partial charge >= 0.3 is 0 Å². The normalized spacial score (nSPS) is 13.6. The zero-order chi connectivity index (χ0) is 16.4. The van der Waals surface area contributed by atoms with Crippen molar-refractivity contribution < 1.29 is 9.53 Å². The fourth-order valence-corrected chi connectivity index (χ4v) is 3.18. The number of rotatable bonds is 3. The van der Waals surface area contributed by atoms with Crippen LogP contribution in [-0.4, -0.2) is 24.0 Å². The first-order chi connectivity index (χ1) is 11.0. The van der Waals surface area contributed by atoms with Crippen molar-refractivity contribution in [1.29, 1.82) is 0 Å². The van der Waals surface area contributed by atoms with Crippen LogP contribution in [-0.2, 0) is 17.8 Å². The van der Waals surface area contributed by atoms with Crippen molar-refractivity contribution in [1.82, 2.24) is 4.90 Å². The van der Waals surface area contributed by atoms with Crippen LogP contribution >= 0.6 is 12.6 Å². The molecule has 0 radical (unpaired) electrons. The summed E-state index contributed by atoms with van der Waals surface area (Å²) < 4.78 is 5.71. The van der Waals surface area contributed by atoms with E-state index in [9.17, 15) is 4.79 Å². The Kier molecular flexibility index (Phi) is 4.62. The molecule has 1 aliphatic rings. The lowest BCUT2D eigenvalue weighted by Crippen LogP contribution is -2.38. The molecule has 0 saturated heterocycles. The molecule has 120 valence electrons. The first-order valence-corrected chi connectivity index (χ1v) is 8.26. The molecular formula is C19H21NO2S. The highest BCUT2D eigenvalue weighted by atomic mass is 32.1. The molecule has 3 rings (SSSR count). The van der Waals surface area contributed by atoms with Crippen molar-refractivity contribution >= 4 is 18.5 Å². The molecule has 1 aliphatic heterocycles. The van der Waals surface area contributed by atoms with Gasteiger partial charge in [0.1, 0.15) is 5.75 Å². The van der Waals surface area contributed by atoms with Crippen LogP contribution in [0.3, 0.4) is 0 Å². The van der Waals surface area contributed by atoms with Gasteiger partial charge in [-0.1, -0.05) is 23.8 Å². The summed E-state index contributed by atoms with van der Waals surface area (Å²) in [6.45, 7) is 5.51. The van der Waals surface area contributed by atoms with E-state index in [2.05, 4.69) is 24.8 Å². The minimum atomic E-state index is 0.0280. The molecule has 3 nitrogen and oxygen atoms in total. The van der Waals surface area contributed by atoms with Crippen molar-refractivity contribution in [3.63, 3.8) is 0 Å². The van der Waals surface area contributed by atoms with E-state index in [4.69, 9.17) is 4.74 Å². The number of thiol groups is 1. The van der Waals surface area contributed by atoms with Gasteiger partial charge in [-0.25, -0.2) is 0 Å². The fraction of sp³-hybridized carbons (Fsp3) is 0.316. The summed E-state index contributed by atoms with van der Waals surface area (Å²) in [5, 5.41) is 0. The van der Waals surface area contributed by atoms with Crippen LogP contribution in [0, 0.1) is 13.8 Å². The van der Waals surface area contributed by atoms with E-state index in [-0.39, 0.29) is 12.5 Å². The van der Waals surface area contributed by atoms with E-state index < -0.39 is 0 Å². The molecule has 1 amide bonds. The van der Waals surface area contributed by atoms with Gasteiger partial charge in [0.15, 0.2) is 6.61 Å². The van der Waals surface area contributed by atoms with Crippen molar-refractivity contribution in [2.75, 3.05) is 13.2 Å². The van der Waals surface area contributed by atoms with E-state index in [1.54, 1.807) is 0 Å². The van der Waals surface area contributed by atoms with E-state index in [1.807, 2.05) is 43.0 Å². The maximum Gasteiger partial charge on any atom is 0.260 e. The molecule has 0 fully saturated rings. The number of fused-ring (bicyclic) bond motifs is 1. The Labute approximate surface area is 142 Å². The second-order valence-corrected chi connectivity index (χ2v) is 6.59. The second-order valence-electron chi connectivity index (χ2n) is 6.08. The minimum Gasteiger partial charge on any atom is -0.484 e. The maximum absolute atomic E-state index is 12.4.